The largest absolute Gasteiger partial charge is 0.353 e. The summed E-state index contributed by atoms with van der Waals surface area (Å²) in [6.45, 7) is 2.07. The number of carbonyl (C=O) groups is 2. The maximum Gasteiger partial charge on any atom is 0.243 e. The van der Waals surface area contributed by atoms with Crippen LogP contribution in [0.3, 0.4) is 0 Å². The first-order valence-electron chi connectivity index (χ1n) is 10.1. The van der Waals surface area contributed by atoms with Crippen LogP contribution in [0.4, 0.5) is 0 Å². The summed E-state index contributed by atoms with van der Waals surface area (Å²) in [5, 5.41) is 3.63. The predicted molar refractivity (Wildman–Crippen MR) is 115 cm³/mol. The van der Waals surface area contributed by atoms with Gasteiger partial charge < -0.3 is 20.0 Å². The van der Waals surface area contributed by atoms with E-state index in [1.165, 1.54) is 25.7 Å². The molecule has 0 spiro atoms. The Hall–Kier alpha value is -1.06. The molecule has 4 aliphatic rings. The number of piperazine rings is 1. The van der Waals surface area contributed by atoms with E-state index in [9.17, 15) is 9.59 Å². The fourth-order valence-electron chi connectivity index (χ4n) is 4.75. The van der Waals surface area contributed by atoms with Crippen molar-refractivity contribution in [3.63, 3.8) is 0 Å². The van der Waals surface area contributed by atoms with E-state index in [-0.39, 0.29) is 42.3 Å². The van der Waals surface area contributed by atoms with E-state index < -0.39 is 0 Å². The van der Waals surface area contributed by atoms with Crippen LogP contribution in [0.2, 0.25) is 0 Å². The van der Waals surface area contributed by atoms with E-state index in [1.54, 1.807) is 19.0 Å². The molecular formula is C19H32IN5O2. The monoisotopic (exact) mass is 489 g/mol. The van der Waals surface area contributed by atoms with Crippen molar-refractivity contribution in [2.45, 2.75) is 50.6 Å². The molecule has 8 heteroatoms. The number of aliphatic imine (C=N–C) groups is 1. The average Bonchev–Trinajstić information content (AvgIpc) is 3.24. The molecule has 3 atom stereocenters. The molecule has 3 aliphatic carbocycles. The van der Waals surface area contributed by atoms with Gasteiger partial charge in [0.05, 0.1) is 6.54 Å². The summed E-state index contributed by atoms with van der Waals surface area (Å²) in [6, 6.07) is 0.914. The highest BCUT2D eigenvalue weighted by molar-refractivity contribution is 14.0. The second kappa shape index (κ2) is 8.53. The van der Waals surface area contributed by atoms with Gasteiger partial charge in [0.15, 0.2) is 5.96 Å². The molecule has 4 rings (SSSR count). The molecule has 2 bridgehead atoms. The normalized spacial score (nSPS) is 30.4. The lowest BCUT2D eigenvalue weighted by Gasteiger charge is -2.38. The van der Waals surface area contributed by atoms with Gasteiger partial charge in [-0.1, -0.05) is 6.42 Å². The Bertz CT molecular complexity index is 607. The Morgan fingerprint density at radius 3 is 2.52 bits per heavy atom. The molecule has 7 nitrogen and oxygen atoms in total. The van der Waals surface area contributed by atoms with Crippen molar-refractivity contribution in [1.29, 1.82) is 0 Å². The maximum atomic E-state index is 12.5. The van der Waals surface area contributed by atoms with Crippen LogP contribution in [0.15, 0.2) is 4.99 Å². The van der Waals surface area contributed by atoms with E-state index in [0.29, 0.717) is 18.6 Å². The van der Waals surface area contributed by atoms with Gasteiger partial charge in [0.2, 0.25) is 11.8 Å². The highest BCUT2D eigenvalue weighted by atomic mass is 127. The number of likely N-dealkylation sites (N-methyl/N-ethyl adjacent to an activating group) is 1. The molecule has 3 unspecified atom stereocenters. The summed E-state index contributed by atoms with van der Waals surface area (Å²) in [4.78, 5) is 34.8. The quantitative estimate of drug-likeness (QED) is 0.366. The molecule has 4 fully saturated rings. The van der Waals surface area contributed by atoms with Gasteiger partial charge in [-0.05, 0) is 43.9 Å². The van der Waals surface area contributed by atoms with Crippen LogP contribution in [-0.4, -0.2) is 84.8 Å². The third-order valence-electron chi connectivity index (χ3n) is 6.46. The fourth-order valence-corrected chi connectivity index (χ4v) is 4.75. The van der Waals surface area contributed by atoms with Crippen LogP contribution in [0.5, 0.6) is 0 Å². The Balaban J connectivity index is 0.00000210. The molecule has 1 saturated heterocycles. The number of nitrogens with one attached hydrogen (secondary N) is 1. The summed E-state index contributed by atoms with van der Waals surface area (Å²) in [6.07, 6.45) is 7.45. The summed E-state index contributed by atoms with van der Waals surface area (Å²) in [7, 11) is 3.50. The van der Waals surface area contributed by atoms with E-state index in [4.69, 9.17) is 0 Å². The molecule has 0 aromatic carbocycles. The zero-order valence-corrected chi connectivity index (χ0v) is 18.7. The minimum atomic E-state index is -0.0137. The highest BCUT2D eigenvalue weighted by Gasteiger charge is 2.41. The third-order valence-corrected chi connectivity index (χ3v) is 6.46. The summed E-state index contributed by atoms with van der Waals surface area (Å²) >= 11 is 0. The minimum Gasteiger partial charge on any atom is -0.353 e. The lowest BCUT2D eigenvalue weighted by atomic mass is 9.95. The third kappa shape index (κ3) is 4.68. The van der Waals surface area contributed by atoms with Gasteiger partial charge in [0, 0.05) is 39.3 Å². The van der Waals surface area contributed by atoms with Crippen molar-refractivity contribution in [1.82, 2.24) is 20.0 Å². The lowest BCUT2D eigenvalue weighted by molar-refractivity contribution is -0.135. The second-order valence-electron chi connectivity index (χ2n) is 8.59. The molecular weight excluding hydrogens is 457 g/mol. The van der Waals surface area contributed by atoms with Gasteiger partial charge in [-0.25, -0.2) is 4.99 Å². The van der Waals surface area contributed by atoms with Crippen molar-refractivity contribution in [2.24, 2.45) is 16.8 Å². The number of amides is 2. The van der Waals surface area contributed by atoms with Crippen LogP contribution >= 0.6 is 24.0 Å². The molecule has 1 aliphatic heterocycles. The SMILES string of the molecule is CN(C)C(=O)CN=C(NC1CC2CCC1C2)N1CCN(C2CC2)C(=O)C1.I. The Morgan fingerprint density at radius 2 is 1.96 bits per heavy atom. The Labute approximate surface area is 178 Å². The zero-order valence-electron chi connectivity index (χ0n) is 16.4. The highest BCUT2D eigenvalue weighted by Crippen LogP contribution is 2.44. The van der Waals surface area contributed by atoms with E-state index >= 15 is 0 Å². The van der Waals surface area contributed by atoms with Crippen LogP contribution in [-0.2, 0) is 9.59 Å². The van der Waals surface area contributed by atoms with Gasteiger partial charge in [-0.3, -0.25) is 9.59 Å². The van der Waals surface area contributed by atoms with Gasteiger partial charge in [-0.2, -0.15) is 0 Å². The summed E-state index contributed by atoms with van der Waals surface area (Å²) < 4.78 is 0. The van der Waals surface area contributed by atoms with E-state index in [0.717, 1.165) is 43.7 Å². The smallest absolute Gasteiger partial charge is 0.243 e. The molecule has 1 heterocycles. The number of hydrogen-bond donors (Lipinski definition) is 1. The van der Waals surface area contributed by atoms with Gasteiger partial charge >= 0.3 is 0 Å². The average molecular weight is 489 g/mol. The van der Waals surface area contributed by atoms with Crippen molar-refractivity contribution < 1.29 is 9.59 Å². The first-order chi connectivity index (χ1) is 12.5. The number of nitrogens with zero attached hydrogens (tertiary/aromatic N) is 4. The number of hydrogen-bond acceptors (Lipinski definition) is 3. The predicted octanol–water partition coefficient (Wildman–Crippen LogP) is 1.13. The van der Waals surface area contributed by atoms with Gasteiger partial charge in [-0.15, -0.1) is 24.0 Å². The molecule has 0 aromatic heterocycles. The van der Waals surface area contributed by atoms with Crippen LogP contribution in [0, 0.1) is 11.8 Å². The minimum absolute atomic E-state index is 0. The van der Waals surface area contributed by atoms with E-state index in [1.807, 2.05) is 4.90 Å². The van der Waals surface area contributed by atoms with Crippen LogP contribution in [0.25, 0.3) is 0 Å². The standard InChI is InChI=1S/C19H31N5O2.HI/c1-22(2)17(25)11-20-19(21-16-10-13-3-4-14(16)9-13)23-7-8-24(15-5-6-15)18(26)12-23;/h13-16H,3-12H2,1-2H3,(H,20,21);1H. The lowest BCUT2D eigenvalue weighted by Crippen LogP contribution is -2.57. The first kappa shape index (κ1) is 20.7. The van der Waals surface area contributed by atoms with E-state index in [2.05, 4.69) is 15.2 Å². The topological polar surface area (TPSA) is 68.2 Å². The van der Waals surface area contributed by atoms with Crippen molar-refractivity contribution in [2.75, 3.05) is 40.3 Å². The molecule has 2 amide bonds. The summed E-state index contributed by atoms with van der Waals surface area (Å²) in [5.41, 5.74) is 0. The van der Waals surface area contributed by atoms with Crippen LogP contribution < -0.4 is 5.32 Å². The van der Waals surface area contributed by atoms with Crippen LogP contribution in [0.1, 0.15) is 38.5 Å². The number of rotatable bonds is 4. The van der Waals surface area contributed by atoms with Crippen molar-refractivity contribution >= 4 is 41.8 Å². The van der Waals surface area contributed by atoms with Crippen molar-refractivity contribution in [3.05, 3.63) is 0 Å². The van der Waals surface area contributed by atoms with Gasteiger partial charge in [0.1, 0.15) is 6.54 Å². The van der Waals surface area contributed by atoms with Gasteiger partial charge in [0.25, 0.3) is 0 Å². The summed E-state index contributed by atoms with van der Waals surface area (Å²) in [5.74, 6) is 2.50. The second-order valence-corrected chi connectivity index (χ2v) is 8.59. The Morgan fingerprint density at radius 1 is 1.19 bits per heavy atom. The number of carbonyl (C=O) groups excluding carboxylic acids is 2. The molecule has 152 valence electrons. The molecule has 0 radical (unpaired) electrons. The molecule has 27 heavy (non-hydrogen) atoms. The first-order valence-corrected chi connectivity index (χ1v) is 10.1. The molecule has 3 saturated carbocycles. The number of fused-ring (bicyclic) bond motifs is 2. The number of guanidine groups is 1. The molecule has 1 N–H and O–H groups in total. The molecule has 0 aromatic rings. The zero-order chi connectivity index (χ0) is 18.3. The van der Waals surface area contributed by atoms with Crippen molar-refractivity contribution in [3.8, 4) is 0 Å². The number of halogens is 1. The fraction of sp³-hybridized carbons (Fsp3) is 0.842. The maximum absolute atomic E-state index is 12.5. The Kier molecular flexibility index (Phi) is 6.53.